The Morgan fingerprint density at radius 2 is 1.70 bits per heavy atom. The number of nitrogens with zero attached hydrogens (tertiary/aromatic N) is 2. The molecule has 0 radical (unpaired) electrons. The van der Waals surface area contributed by atoms with Crippen LogP contribution in [-0.4, -0.2) is 4.98 Å². The monoisotopic (exact) mass is 399 g/mol. The van der Waals surface area contributed by atoms with Crippen molar-refractivity contribution < 1.29 is 8.98 Å². The van der Waals surface area contributed by atoms with E-state index in [2.05, 4.69) is 81.9 Å². The minimum atomic E-state index is -0.00553. The van der Waals surface area contributed by atoms with Crippen molar-refractivity contribution in [3.8, 4) is 11.3 Å². The lowest BCUT2D eigenvalue weighted by atomic mass is 9.91. The van der Waals surface area contributed by atoms with Gasteiger partial charge in [0.05, 0.1) is 5.56 Å². The number of pyridine rings is 2. The van der Waals surface area contributed by atoms with Crippen molar-refractivity contribution in [2.75, 3.05) is 0 Å². The van der Waals surface area contributed by atoms with Crippen molar-refractivity contribution in [3.63, 3.8) is 0 Å². The molecule has 0 aliphatic heterocycles. The number of rotatable bonds is 2. The maximum atomic E-state index is 6.42. The van der Waals surface area contributed by atoms with Gasteiger partial charge in [-0.1, -0.05) is 45.7 Å². The van der Waals surface area contributed by atoms with Gasteiger partial charge in [-0.15, -0.1) is 0 Å². The number of benzene rings is 1. The standard InChI is InChI=1S/C27H31N2O/c1-17-10-12-20-21-13-15-23(27(2,3)4)28-26(21)30-25(20)24(17)22-14-11-19(16-29(22)5)18-8-6-7-9-18/h10-16,18H,6-9H2,1-5H3/q+1. The molecular weight excluding hydrogens is 368 g/mol. The van der Waals surface area contributed by atoms with Gasteiger partial charge in [0.1, 0.15) is 7.05 Å². The van der Waals surface area contributed by atoms with Gasteiger partial charge < -0.3 is 4.42 Å². The average molecular weight is 400 g/mol. The van der Waals surface area contributed by atoms with Gasteiger partial charge in [-0.25, -0.2) is 9.55 Å². The molecule has 0 spiro atoms. The van der Waals surface area contributed by atoms with Crippen LogP contribution in [0, 0.1) is 6.92 Å². The number of aromatic nitrogens is 2. The van der Waals surface area contributed by atoms with Crippen molar-refractivity contribution in [2.45, 2.75) is 64.7 Å². The third-order valence-corrected chi connectivity index (χ3v) is 6.72. The molecule has 0 atom stereocenters. The van der Waals surface area contributed by atoms with Crippen molar-refractivity contribution in [2.24, 2.45) is 7.05 Å². The minimum absolute atomic E-state index is 0.00553. The third-order valence-electron chi connectivity index (χ3n) is 6.72. The summed E-state index contributed by atoms with van der Waals surface area (Å²) in [4.78, 5) is 4.86. The number of hydrogen-bond donors (Lipinski definition) is 0. The summed E-state index contributed by atoms with van der Waals surface area (Å²) in [7, 11) is 2.16. The van der Waals surface area contributed by atoms with Crippen LogP contribution >= 0.6 is 0 Å². The van der Waals surface area contributed by atoms with Gasteiger partial charge in [-0.2, -0.15) is 0 Å². The highest BCUT2D eigenvalue weighted by molar-refractivity contribution is 6.08. The highest BCUT2D eigenvalue weighted by atomic mass is 16.3. The zero-order valence-corrected chi connectivity index (χ0v) is 18.7. The predicted octanol–water partition coefficient (Wildman–Crippen LogP) is 6.74. The largest absolute Gasteiger partial charge is 0.437 e. The lowest BCUT2D eigenvalue weighted by Crippen LogP contribution is -2.31. The summed E-state index contributed by atoms with van der Waals surface area (Å²) in [5.74, 6) is 0.716. The Kier molecular flexibility index (Phi) is 4.46. The zero-order chi connectivity index (χ0) is 21.0. The molecule has 1 aliphatic carbocycles. The first-order chi connectivity index (χ1) is 14.3. The molecule has 3 nitrogen and oxygen atoms in total. The Morgan fingerprint density at radius 1 is 0.967 bits per heavy atom. The molecule has 0 saturated heterocycles. The summed E-state index contributed by atoms with van der Waals surface area (Å²) >= 11 is 0. The molecule has 3 heterocycles. The Balaban J connectivity index is 1.69. The molecule has 5 rings (SSSR count). The van der Waals surface area contributed by atoms with E-state index in [0.717, 1.165) is 27.8 Å². The zero-order valence-electron chi connectivity index (χ0n) is 18.7. The molecule has 1 saturated carbocycles. The van der Waals surface area contributed by atoms with E-state index in [4.69, 9.17) is 9.40 Å². The molecule has 1 aliphatic rings. The maximum Gasteiger partial charge on any atom is 0.227 e. The molecule has 1 aromatic carbocycles. The highest BCUT2D eigenvalue weighted by Gasteiger charge is 2.25. The van der Waals surface area contributed by atoms with E-state index in [-0.39, 0.29) is 5.41 Å². The number of hydrogen-bond acceptors (Lipinski definition) is 2. The van der Waals surface area contributed by atoms with Crippen LogP contribution in [0.1, 0.15) is 69.2 Å². The quantitative estimate of drug-likeness (QED) is 0.350. The van der Waals surface area contributed by atoms with Crippen LogP contribution in [-0.2, 0) is 12.5 Å². The molecule has 3 heteroatoms. The Hall–Kier alpha value is -2.68. The van der Waals surface area contributed by atoms with Gasteiger partial charge in [0.2, 0.25) is 11.4 Å². The lowest BCUT2D eigenvalue weighted by Gasteiger charge is -2.16. The van der Waals surface area contributed by atoms with Gasteiger partial charge >= 0.3 is 0 Å². The number of aryl methyl sites for hydroxylation is 2. The normalized spacial score (nSPS) is 15.5. The third kappa shape index (κ3) is 3.12. The molecule has 0 bridgehead atoms. The molecule has 0 unspecified atom stereocenters. The Bertz CT molecular complexity index is 1250. The lowest BCUT2D eigenvalue weighted by molar-refractivity contribution is -0.660. The second-order valence-electron chi connectivity index (χ2n) is 9.98. The molecule has 1 fully saturated rings. The highest BCUT2D eigenvalue weighted by Crippen LogP contribution is 2.38. The fraction of sp³-hybridized carbons (Fsp3) is 0.407. The molecule has 0 N–H and O–H groups in total. The summed E-state index contributed by atoms with van der Waals surface area (Å²) in [6.45, 7) is 8.72. The summed E-state index contributed by atoms with van der Waals surface area (Å²) in [5, 5.41) is 2.22. The minimum Gasteiger partial charge on any atom is -0.437 e. The smallest absolute Gasteiger partial charge is 0.227 e. The van der Waals surface area contributed by atoms with E-state index < -0.39 is 0 Å². The van der Waals surface area contributed by atoms with Crippen molar-refractivity contribution >= 4 is 22.1 Å². The van der Waals surface area contributed by atoms with Gasteiger partial charge in [0, 0.05) is 33.5 Å². The Morgan fingerprint density at radius 3 is 2.40 bits per heavy atom. The van der Waals surface area contributed by atoms with Crippen LogP contribution in [0.3, 0.4) is 0 Å². The van der Waals surface area contributed by atoms with Crippen LogP contribution in [0.5, 0.6) is 0 Å². The second-order valence-corrected chi connectivity index (χ2v) is 9.98. The van der Waals surface area contributed by atoms with Crippen molar-refractivity contribution in [1.82, 2.24) is 4.98 Å². The van der Waals surface area contributed by atoms with E-state index in [9.17, 15) is 0 Å². The van der Waals surface area contributed by atoms with E-state index in [0.29, 0.717) is 5.92 Å². The SMILES string of the molecule is Cc1ccc2c(oc3nc(C(C)(C)C)ccc32)c1-c1ccc(C2CCCC2)c[n+]1C. The van der Waals surface area contributed by atoms with Crippen LogP contribution in [0.2, 0.25) is 0 Å². The van der Waals surface area contributed by atoms with Gasteiger partial charge in [-0.05, 0) is 49.4 Å². The topological polar surface area (TPSA) is 29.9 Å². The van der Waals surface area contributed by atoms with E-state index in [1.165, 1.54) is 48.1 Å². The van der Waals surface area contributed by atoms with Crippen LogP contribution in [0.25, 0.3) is 33.3 Å². The van der Waals surface area contributed by atoms with Crippen LogP contribution in [0.15, 0.2) is 47.0 Å². The summed E-state index contributed by atoms with van der Waals surface area (Å²) in [6.07, 6.45) is 7.68. The molecule has 0 amide bonds. The molecule has 3 aromatic heterocycles. The molecule has 154 valence electrons. The van der Waals surface area contributed by atoms with E-state index >= 15 is 0 Å². The fourth-order valence-electron chi connectivity index (χ4n) is 4.94. The van der Waals surface area contributed by atoms with Crippen LogP contribution in [0.4, 0.5) is 0 Å². The molecule has 30 heavy (non-hydrogen) atoms. The first kappa shape index (κ1) is 19.3. The van der Waals surface area contributed by atoms with Gasteiger partial charge in [0.15, 0.2) is 11.8 Å². The second kappa shape index (κ2) is 6.94. The van der Waals surface area contributed by atoms with Crippen LogP contribution < -0.4 is 4.57 Å². The van der Waals surface area contributed by atoms with E-state index in [1.54, 1.807) is 0 Å². The summed E-state index contributed by atoms with van der Waals surface area (Å²) < 4.78 is 8.69. The van der Waals surface area contributed by atoms with Gasteiger partial charge in [0.25, 0.3) is 0 Å². The summed E-state index contributed by atoms with van der Waals surface area (Å²) in [5.41, 5.74) is 7.76. The van der Waals surface area contributed by atoms with Crippen molar-refractivity contribution in [3.05, 3.63) is 59.4 Å². The number of fused-ring (bicyclic) bond motifs is 3. The first-order valence-electron chi connectivity index (χ1n) is 11.2. The Labute approximate surface area is 178 Å². The first-order valence-corrected chi connectivity index (χ1v) is 11.2. The van der Waals surface area contributed by atoms with Crippen molar-refractivity contribution in [1.29, 1.82) is 0 Å². The van der Waals surface area contributed by atoms with E-state index in [1.807, 2.05) is 0 Å². The molecular formula is C27H31N2O+. The maximum absolute atomic E-state index is 6.42. The number of furan rings is 1. The van der Waals surface area contributed by atoms with Gasteiger partial charge in [-0.3, -0.25) is 0 Å². The average Bonchev–Trinajstić information content (AvgIpc) is 3.35. The predicted molar refractivity (Wildman–Crippen MR) is 123 cm³/mol. The summed E-state index contributed by atoms with van der Waals surface area (Å²) in [6, 6.07) is 13.3. The molecule has 4 aromatic rings. The fourth-order valence-corrected chi connectivity index (χ4v) is 4.94.